The minimum Gasteiger partial charge on any atom is -0.443 e. The number of guanidine groups is 1. The first-order chi connectivity index (χ1) is 13.8. The molecule has 2 N–H and O–H groups in total. The number of rotatable bonds is 5. The van der Waals surface area contributed by atoms with E-state index in [1.165, 1.54) is 18.4 Å². The Bertz CT molecular complexity index is 1000. The molecule has 0 amide bonds. The Morgan fingerprint density at radius 3 is 2.72 bits per heavy atom. The van der Waals surface area contributed by atoms with Gasteiger partial charge in [-0.25, -0.2) is 4.98 Å². The van der Waals surface area contributed by atoms with E-state index in [0.717, 1.165) is 41.4 Å². The van der Waals surface area contributed by atoms with Crippen LogP contribution in [0, 0.1) is 11.8 Å². The van der Waals surface area contributed by atoms with E-state index in [9.17, 15) is 0 Å². The van der Waals surface area contributed by atoms with Gasteiger partial charge < -0.3 is 15.1 Å². The van der Waals surface area contributed by atoms with Gasteiger partial charge in [-0.1, -0.05) is 54.6 Å². The zero-order valence-corrected chi connectivity index (χ0v) is 18.7. The summed E-state index contributed by atoms with van der Waals surface area (Å²) in [6.07, 6.45) is 2.72. The molecular weight excluding hydrogens is 475 g/mol. The number of aromatic nitrogens is 1. The minimum absolute atomic E-state index is 0. The highest BCUT2D eigenvalue weighted by Gasteiger charge is 2.54. The van der Waals surface area contributed by atoms with Crippen LogP contribution in [0.4, 0.5) is 0 Å². The number of hydrogen-bond acceptors (Lipinski definition) is 3. The Balaban J connectivity index is 0.00000205. The molecule has 2 aromatic carbocycles. The van der Waals surface area contributed by atoms with Gasteiger partial charge in [0.1, 0.15) is 5.69 Å². The van der Waals surface area contributed by atoms with Gasteiger partial charge >= 0.3 is 0 Å². The molecular formula is C23H25IN4O. The summed E-state index contributed by atoms with van der Waals surface area (Å²) in [4.78, 5) is 8.73. The normalized spacial score (nSPS) is 21.7. The van der Waals surface area contributed by atoms with Crippen LogP contribution < -0.4 is 10.6 Å². The van der Waals surface area contributed by atoms with Crippen molar-refractivity contribution in [2.24, 2.45) is 16.8 Å². The molecule has 150 valence electrons. The smallest absolute Gasteiger partial charge is 0.191 e. The molecule has 1 fully saturated rings. The summed E-state index contributed by atoms with van der Waals surface area (Å²) in [5.41, 5.74) is 5.00. The molecule has 29 heavy (non-hydrogen) atoms. The third kappa shape index (κ3) is 3.90. The zero-order valence-electron chi connectivity index (χ0n) is 16.3. The second kappa shape index (κ2) is 8.57. The minimum atomic E-state index is 0. The fourth-order valence-electron chi connectivity index (χ4n) is 4.58. The number of oxazole rings is 1. The highest BCUT2D eigenvalue weighted by atomic mass is 127. The molecule has 1 heterocycles. The maximum atomic E-state index is 5.60. The number of nitrogens with one attached hydrogen (secondary N) is 2. The fourth-order valence-corrected chi connectivity index (χ4v) is 4.58. The average molecular weight is 500 g/mol. The number of fused-ring (bicyclic) bond motifs is 3. The van der Waals surface area contributed by atoms with E-state index in [2.05, 4.69) is 44.9 Å². The number of nitrogens with zero attached hydrogens (tertiary/aromatic N) is 2. The summed E-state index contributed by atoms with van der Waals surface area (Å²) in [5, 5.41) is 6.86. The SMILES string of the molecule is CN=C(NCc1ncoc1-c1ccccc1)NCC1C2Cc3ccccc3C12.I. The second-order valence-corrected chi connectivity index (χ2v) is 7.56. The van der Waals surface area contributed by atoms with Crippen molar-refractivity contribution in [1.82, 2.24) is 15.6 Å². The summed E-state index contributed by atoms with van der Waals surface area (Å²) in [6.45, 7) is 1.52. The van der Waals surface area contributed by atoms with Crippen molar-refractivity contribution in [3.63, 3.8) is 0 Å². The predicted octanol–water partition coefficient (Wildman–Crippen LogP) is 4.21. The van der Waals surface area contributed by atoms with E-state index in [1.807, 2.05) is 30.3 Å². The first-order valence-corrected chi connectivity index (χ1v) is 9.85. The number of hydrogen-bond donors (Lipinski definition) is 2. The van der Waals surface area contributed by atoms with Gasteiger partial charge in [-0.2, -0.15) is 0 Å². The van der Waals surface area contributed by atoms with Crippen molar-refractivity contribution in [2.75, 3.05) is 13.6 Å². The molecule has 2 aliphatic rings. The maximum Gasteiger partial charge on any atom is 0.191 e. The highest BCUT2D eigenvalue weighted by molar-refractivity contribution is 14.0. The third-order valence-electron chi connectivity index (χ3n) is 6.03. The summed E-state index contributed by atoms with van der Waals surface area (Å²) < 4.78 is 5.60. The van der Waals surface area contributed by atoms with E-state index in [1.54, 1.807) is 12.6 Å². The molecule has 5 nitrogen and oxygen atoms in total. The zero-order chi connectivity index (χ0) is 18.9. The Morgan fingerprint density at radius 2 is 1.90 bits per heavy atom. The van der Waals surface area contributed by atoms with Crippen LogP contribution in [0.25, 0.3) is 11.3 Å². The summed E-state index contributed by atoms with van der Waals surface area (Å²) in [5.74, 6) is 3.84. The molecule has 1 saturated carbocycles. The van der Waals surface area contributed by atoms with Crippen molar-refractivity contribution in [1.29, 1.82) is 0 Å². The van der Waals surface area contributed by atoms with Crippen LogP contribution in [0.2, 0.25) is 0 Å². The van der Waals surface area contributed by atoms with Crippen LogP contribution in [0.5, 0.6) is 0 Å². The van der Waals surface area contributed by atoms with Gasteiger partial charge in [-0.05, 0) is 35.3 Å². The molecule has 3 unspecified atom stereocenters. The lowest BCUT2D eigenvalue weighted by Crippen LogP contribution is -2.38. The van der Waals surface area contributed by atoms with Crippen LogP contribution in [-0.2, 0) is 13.0 Å². The van der Waals surface area contributed by atoms with Crippen LogP contribution in [0.1, 0.15) is 22.7 Å². The molecule has 1 aromatic heterocycles. The molecule has 3 atom stereocenters. The van der Waals surface area contributed by atoms with Gasteiger partial charge in [0.15, 0.2) is 18.1 Å². The molecule has 0 radical (unpaired) electrons. The van der Waals surface area contributed by atoms with Crippen molar-refractivity contribution in [2.45, 2.75) is 18.9 Å². The predicted molar refractivity (Wildman–Crippen MR) is 125 cm³/mol. The Morgan fingerprint density at radius 1 is 1.10 bits per heavy atom. The van der Waals surface area contributed by atoms with Crippen LogP contribution in [-0.4, -0.2) is 24.5 Å². The van der Waals surface area contributed by atoms with Gasteiger partial charge in [0.2, 0.25) is 0 Å². The largest absolute Gasteiger partial charge is 0.443 e. The fraction of sp³-hybridized carbons (Fsp3) is 0.304. The quantitative estimate of drug-likeness (QED) is 0.313. The number of aliphatic imine (C=N–C) groups is 1. The Kier molecular flexibility index (Phi) is 5.89. The van der Waals surface area contributed by atoms with Gasteiger partial charge in [0.25, 0.3) is 0 Å². The van der Waals surface area contributed by atoms with Gasteiger partial charge in [-0.15, -0.1) is 24.0 Å². The lowest BCUT2D eigenvalue weighted by molar-refractivity contribution is 0.570. The molecule has 0 saturated heterocycles. The van der Waals surface area contributed by atoms with E-state index < -0.39 is 0 Å². The van der Waals surface area contributed by atoms with Crippen molar-refractivity contribution < 1.29 is 4.42 Å². The van der Waals surface area contributed by atoms with Crippen molar-refractivity contribution in [3.05, 3.63) is 77.8 Å². The van der Waals surface area contributed by atoms with Crippen molar-refractivity contribution >= 4 is 29.9 Å². The molecule has 3 aromatic rings. The lowest BCUT2D eigenvalue weighted by atomic mass is 10.0. The lowest BCUT2D eigenvalue weighted by Gasteiger charge is -2.13. The van der Waals surface area contributed by atoms with Gasteiger partial charge in [-0.3, -0.25) is 4.99 Å². The first kappa shape index (κ1) is 19.9. The Labute approximate surface area is 188 Å². The molecule has 0 bridgehead atoms. The van der Waals surface area contributed by atoms with E-state index in [4.69, 9.17) is 4.42 Å². The van der Waals surface area contributed by atoms with Crippen LogP contribution >= 0.6 is 24.0 Å². The van der Waals surface area contributed by atoms with Gasteiger partial charge in [0.05, 0.1) is 6.54 Å². The summed E-state index contributed by atoms with van der Waals surface area (Å²) in [6, 6.07) is 18.9. The standard InChI is InChI=1S/C23H24N4O.HI/c1-24-23(25-12-19-18-11-16-9-5-6-10-17(16)21(18)19)26-13-20-22(28-14-27-20)15-7-3-2-4-8-15;/h2-10,14,18-19,21H,11-13H2,1H3,(H2,24,25,26);1H. The molecule has 2 aliphatic carbocycles. The molecule has 6 heteroatoms. The topological polar surface area (TPSA) is 62.5 Å². The number of halogens is 1. The van der Waals surface area contributed by atoms with Crippen LogP contribution in [0.3, 0.4) is 0 Å². The van der Waals surface area contributed by atoms with Gasteiger partial charge in [0, 0.05) is 19.2 Å². The third-order valence-corrected chi connectivity index (χ3v) is 6.03. The number of benzene rings is 2. The average Bonchev–Trinajstić information content (AvgIpc) is 3.08. The molecule has 0 spiro atoms. The highest BCUT2D eigenvalue weighted by Crippen LogP contribution is 2.60. The molecule has 5 rings (SSSR count). The second-order valence-electron chi connectivity index (χ2n) is 7.56. The van der Waals surface area contributed by atoms with E-state index >= 15 is 0 Å². The molecule has 0 aliphatic heterocycles. The van der Waals surface area contributed by atoms with Crippen molar-refractivity contribution in [3.8, 4) is 11.3 Å². The Hall–Kier alpha value is -2.35. The first-order valence-electron chi connectivity index (χ1n) is 9.85. The van der Waals surface area contributed by atoms with E-state index in [-0.39, 0.29) is 24.0 Å². The summed E-state index contributed by atoms with van der Waals surface area (Å²) >= 11 is 0. The maximum absolute atomic E-state index is 5.60. The summed E-state index contributed by atoms with van der Waals surface area (Å²) in [7, 11) is 1.80. The van der Waals surface area contributed by atoms with E-state index in [0.29, 0.717) is 12.5 Å². The monoisotopic (exact) mass is 500 g/mol. The van der Waals surface area contributed by atoms with Crippen LogP contribution in [0.15, 0.2) is 70.4 Å².